The maximum Gasteiger partial charge on any atom is 0.274 e. The second-order valence-corrected chi connectivity index (χ2v) is 6.93. The molecule has 0 spiro atoms. The zero-order valence-corrected chi connectivity index (χ0v) is 14.7. The Morgan fingerprint density at radius 2 is 2.00 bits per heavy atom. The lowest BCUT2D eigenvalue weighted by molar-refractivity contribution is 0.0916. The van der Waals surface area contributed by atoms with Crippen molar-refractivity contribution in [3.05, 3.63) is 53.6 Å². The number of carbonyl (C=O) groups is 1. The Bertz CT molecular complexity index is 1000. The Morgan fingerprint density at radius 3 is 2.68 bits per heavy atom. The molecular formula is C19H19N5O. The van der Waals surface area contributed by atoms with Crippen molar-refractivity contribution in [2.75, 3.05) is 0 Å². The largest absolute Gasteiger partial charge is 0.346 e. The van der Waals surface area contributed by atoms with E-state index < -0.39 is 0 Å². The third-order valence-electron chi connectivity index (χ3n) is 3.72. The summed E-state index contributed by atoms with van der Waals surface area (Å²) in [4.78, 5) is 21.4. The second kappa shape index (κ2) is 6.02. The van der Waals surface area contributed by atoms with Gasteiger partial charge in [0.2, 0.25) is 0 Å². The summed E-state index contributed by atoms with van der Waals surface area (Å²) in [5.41, 5.74) is 3.19. The Balaban J connectivity index is 2.17. The number of rotatable bonds is 2. The van der Waals surface area contributed by atoms with Crippen molar-refractivity contribution in [1.29, 1.82) is 5.26 Å². The second-order valence-electron chi connectivity index (χ2n) is 6.93. The Hall–Kier alpha value is -3.20. The monoisotopic (exact) mass is 333 g/mol. The van der Waals surface area contributed by atoms with Gasteiger partial charge in [-0.15, -0.1) is 0 Å². The summed E-state index contributed by atoms with van der Waals surface area (Å²) in [6.45, 7) is 7.66. The highest BCUT2D eigenvalue weighted by molar-refractivity contribution is 5.98. The Morgan fingerprint density at radius 1 is 1.28 bits per heavy atom. The zero-order chi connectivity index (χ0) is 18.2. The molecule has 6 heteroatoms. The van der Waals surface area contributed by atoms with E-state index in [2.05, 4.69) is 21.4 Å². The summed E-state index contributed by atoms with van der Waals surface area (Å²) in [7, 11) is 0. The first-order chi connectivity index (χ1) is 11.8. The number of benzene rings is 1. The molecule has 3 rings (SSSR count). The Kier molecular flexibility index (Phi) is 4.01. The molecule has 6 nitrogen and oxygen atoms in total. The molecule has 0 saturated carbocycles. The molecule has 0 bridgehead atoms. The Labute approximate surface area is 146 Å². The van der Waals surface area contributed by atoms with Crippen LogP contribution in [0.15, 0.2) is 36.7 Å². The molecule has 0 aliphatic carbocycles. The predicted octanol–water partition coefficient (Wildman–Crippen LogP) is 3.10. The number of fused-ring (bicyclic) bond motifs is 1. The number of carbonyl (C=O) groups excluding carboxylic acids is 1. The number of aryl methyl sites for hydroxylation is 1. The topological polar surface area (TPSA) is 83.1 Å². The van der Waals surface area contributed by atoms with Gasteiger partial charge in [0.1, 0.15) is 6.33 Å². The van der Waals surface area contributed by atoms with Gasteiger partial charge in [0.25, 0.3) is 5.91 Å². The minimum Gasteiger partial charge on any atom is -0.346 e. The summed E-state index contributed by atoms with van der Waals surface area (Å²) in [6, 6.07) is 11.3. The van der Waals surface area contributed by atoms with Gasteiger partial charge in [0, 0.05) is 16.8 Å². The fourth-order valence-electron chi connectivity index (χ4n) is 2.62. The molecular weight excluding hydrogens is 314 g/mol. The van der Waals surface area contributed by atoms with Crippen LogP contribution in [0.1, 0.15) is 42.5 Å². The summed E-state index contributed by atoms with van der Waals surface area (Å²) in [6.07, 6.45) is 1.59. The average molecular weight is 333 g/mol. The van der Waals surface area contributed by atoms with Crippen LogP contribution in [0.25, 0.3) is 16.9 Å². The smallest absolute Gasteiger partial charge is 0.274 e. The molecule has 0 unspecified atom stereocenters. The van der Waals surface area contributed by atoms with Crippen molar-refractivity contribution in [1.82, 2.24) is 19.7 Å². The predicted molar refractivity (Wildman–Crippen MR) is 95.1 cm³/mol. The van der Waals surface area contributed by atoms with Crippen molar-refractivity contribution in [3.63, 3.8) is 0 Å². The molecule has 0 radical (unpaired) electrons. The van der Waals surface area contributed by atoms with Crippen molar-refractivity contribution in [2.24, 2.45) is 0 Å². The number of nitriles is 1. The van der Waals surface area contributed by atoms with Crippen molar-refractivity contribution in [3.8, 4) is 17.3 Å². The van der Waals surface area contributed by atoms with Crippen molar-refractivity contribution in [2.45, 2.75) is 33.2 Å². The van der Waals surface area contributed by atoms with E-state index in [1.165, 1.54) is 0 Å². The van der Waals surface area contributed by atoms with Gasteiger partial charge in [-0.3, -0.25) is 9.20 Å². The number of hydrogen-bond donors (Lipinski definition) is 1. The molecule has 0 fully saturated rings. The van der Waals surface area contributed by atoms with Crippen LogP contribution < -0.4 is 5.32 Å². The highest BCUT2D eigenvalue weighted by Crippen LogP contribution is 2.24. The normalized spacial score (nSPS) is 11.3. The molecule has 2 aromatic heterocycles. The quantitative estimate of drug-likeness (QED) is 0.781. The maximum atomic E-state index is 12.5. The lowest BCUT2D eigenvalue weighted by atomic mass is 10.0. The third-order valence-corrected chi connectivity index (χ3v) is 3.72. The summed E-state index contributed by atoms with van der Waals surface area (Å²) < 4.78 is 1.77. The van der Waals surface area contributed by atoms with Gasteiger partial charge in [-0.25, -0.2) is 9.97 Å². The highest BCUT2D eigenvalue weighted by Gasteiger charge is 2.21. The van der Waals surface area contributed by atoms with Gasteiger partial charge in [-0.2, -0.15) is 5.26 Å². The molecule has 2 heterocycles. The number of nitrogens with one attached hydrogen (secondary N) is 1. The maximum absolute atomic E-state index is 12.5. The molecule has 3 aromatic rings. The van der Waals surface area contributed by atoms with Gasteiger partial charge >= 0.3 is 0 Å². The average Bonchev–Trinajstić information content (AvgIpc) is 2.98. The van der Waals surface area contributed by atoms with E-state index in [0.29, 0.717) is 16.9 Å². The lowest BCUT2D eigenvalue weighted by Crippen LogP contribution is -2.40. The fourth-order valence-corrected chi connectivity index (χ4v) is 2.62. The number of aromatic nitrogens is 3. The summed E-state index contributed by atoms with van der Waals surface area (Å²) in [5.74, 6) is -0.271. The van der Waals surface area contributed by atoms with Crippen LogP contribution in [0.5, 0.6) is 0 Å². The molecule has 0 aliphatic rings. The van der Waals surface area contributed by atoms with Crippen LogP contribution in [0.2, 0.25) is 0 Å². The molecule has 25 heavy (non-hydrogen) atoms. The molecule has 0 saturated heterocycles. The number of imidazole rings is 1. The zero-order valence-electron chi connectivity index (χ0n) is 14.7. The summed E-state index contributed by atoms with van der Waals surface area (Å²) in [5, 5.41) is 12.2. The van der Waals surface area contributed by atoms with Crippen LogP contribution in [0.3, 0.4) is 0 Å². The van der Waals surface area contributed by atoms with Gasteiger partial charge in [0.15, 0.2) is 11.3 Å². The van der Waals surface area contributed by atoms with E-state index in [1.807, 2.05) is 52.0 Å². The van der Waals surface area contributed by atoms with Crippen LogP contribution >= 0.6 is 0 Å². The first kappa shape index (κ1) is 16.7. The number of amides is 1. The molecule has 126 valence electrons. The van der Waals surface area contributed by atoms with E-state index in [0.717, 1.165) is 11.3 Å². The number of nitrogens with zero attached hydrogens (tertiary/aromatic N) is 4. The fraction of sp³-hybridized carbons (Fsp3) is 0.263. The van der Waals surface area contributed by atoms with E-state index in [4.69, 9.17) is 0 Å². The standard InChI is InChI=1S/C19H19N5O/c1-12-9-15(14-8-6-5-7-13(14)10-20)22-17-16(21-11-24(12)17)18(25)23-19(2,3)4/h5-9,11H,1-4H3,(H,23,25). The van der Waals surface area contributed by atoms with Gasteiger partial charge in [-0.05, 0) is 39.8 Å². The summed E-state index contributed by atoms with van der Waals surface area (Å²) >= 11 is 0. The third kappa shape index (κ3) is 3.22. The van der Waals surface area contributed by atoms with E-state index in [9.17, 15) is 10.1 Å². The van der Waals surface area contributed by atoms with Gasteiger partial charge in [-0.1, -0.05) is 18.2 Å². The van der Waals surface area contributed by atoms with E-state index >= 15 is 0 Å². The minimum absolute atomic E-state index is 0.271. The van der Waals surface area contributed by atoms with Gasteiger partial charge < -0.3 is 5.32 Å². The SMILES string of the molecule is Cc1cc(-c2ccccc2C#N)nc2c(C(=O)NC(C)(C)C)ncn12. The lowest BCUT2D eigenvalue weighted by Gasteiger charge is -2.19. The molecule has 1 aromatic carbocycles. The highest BCUT2D eigenvalue weighted by atomic mass is 16.2. The molecule has 1 N–H and O–H groups in total. The van der Waals surface area contributed by atoms with E-state index in [-0.39, 0.29) is 17.1 Å². The molecule has 0 atom stereocenters. The van der Waals surface area contributed by atoms with Crippen LogP contribution in [0.4, 0.5) is 0 Å². The number of hydrogen-bond acceptors (Lipinski definition) is 4. The van der Waals surface area contributed by atoms with Crippen LogP contribution in [-0.4, -0.2) is 25.8 Å². The first-order valence-electron chi connectivity index (χ1n) is 7.97. The van der Waals surface area contributed by atoms with Crippen LogP contribution in [-0.2, 0) is 0 Å². The molecule has 1 amide bonds. The first-order valence-corrected chi connectivity index (χ1v) is 7.97. The minimum atomic E-state index is -0.368. The van der Waals surface area contributed by atoms with Crippen LogP contribution in [0, 0.1) is 18.3 Å². The van der Waals surface area contributed by atoms with Gasteiger partial charge in [0.05, 0.1) is 17.3 Å². The van der Waals surface area contributed by atoms with E-state index in [1.54, 1.807) is 16.8 Å². The molecule has 0 aliphatic heterocycles. The van der Waals surface area contributed by atoms with Crippen molar-refractivity contribution >= 4 is 11.6 Å². The van der Waals surface area contributed by atoms with Crippen molar-refractivity contribution < 1.29 is 4.79 Å².